The van der Waals surface area contributed by atoms with Crippen molar-refractivity contribution < 1.29 is 14.3 Å². The number of carbonyl (C=O) groups is 1. The molecule has 2 aromatic rings. The number of anilines is 2. The minimum atomic E-state index is -0.965. The van der Waals surface area contributed by atoms with Gasteiger partial charge in [-0.25, -0.2) is 14.2 Å². The van der Waals surface area contributed by atoms with Gasteiger partial charge in [-0.2, -0.15) is 0 Å². The van der Waals surface area contributed by atoms with Crippen LogP contribution in [-0.4, -0.2) is 16.1 Å². The summed E-state index contributed by atoms with van der Waals surface area (Å²) in [6.45, 7) is 1.97. The fraction of sp³-hybridized carbons (Fsp3) is 0.231. The van der Waals surface area contributed by atoms with E-state index in [2.05, 4.69) is 10.3 Å². The van der Waals surface area contributed by atoms with Crippen LogP contribution in [0.2, 0.25) is 0 Å². The van der Waals surface area contributed by atoms with E-state index in [9.17, 15) is 9.18 Å². The van der Waals surface area contributed by atoms with E-state index in [0.29, 0.717) is 22.9 Å². The summed E-state index contributed by atoms with van der Waals surface area (Å²) in [5, 5.41) is 12.6. The molecule has 0 atom stereocenters. The lowest BCUT2D eigenvalue weighted by molar-refractivity contribution is 0.0700. The normalized spacial score (nSPS) is 10.4. The summed E-state index contributed by atoms with van der Waals surface area (Å²) >= 11 is 1.09. The Labute approximate surface area is 113 Å². The monoisotopic (exact) mass is 280 g/mol. The lowest BCUT2D eigenvalue weighted by Crippen LogP contribution is -1.98. The lowest BCUT2D eigenvalue weighted by atomic mass is 10.2. The van der Waals surface area contributed by atoms with Crippen LogP contribution in [0, 0.1) is 5.82 Å². The molecule has 0 spiro atoms. The number of benzene rings is 1. The van der Waals surface area contributed by atoms with Gasteiger partial charge in [0.2, 0.25) is 0 Å². The number of hydrogen-bond donors (Lipinski definition) is 2. The molecule has 0 aliphatic carbocycles. The molecule has 4 nitrogen and oxygen atoms in total. The molecule has 100 valence electrons. The van der Waals surface area contributed by atoms with E-state index in [1.54, 1.807) is 12.1 Å². The highest BCUT2D eigenvalue weighted by Crippen LogP contribution is 2.27. The Kier molecular flexibility index (Phi) is 4.11. The number of aryl methyl sites for hydroxylation is 1. The number of aromatic nitrogens is 1. The molecule has 0 amide bonds. The first kappa shape index (κ1) is 13.5. The molecule has 0 radical (unpaired) electrons. The maximum absolute atomic E-state index is 12.8. The number of aromatic carboxylic acids is 1. The number of carboxylic acids is 1. The van der Waals surface area contributed by atoms with Crippen LogP contribution in [0.5, 0.6) is 0 Å². The molecule has 2 N–H and O–H groups in total. The molecular weight excluding hydrogens is 267 g/mol. The minimum absolute atomic E-state index is 0.256. The first-order valence-corrected chi connectivity index (χ1v) is 6.67. The van der Waals surface area contributed by atoms with Gasteiger partial charge in [-0.1, -0.05) is 24.7 Å². The Hall–Kier alpha value is -1.95. The maximum atomic E-state index is 12.8. The van der Waals surface area contributed by atoms with Crippen molar-refractivity contribution in [2.45, 2.75) is 19.8 Å². The van der Waals surface area contributed by atoms with Crippen molar-refractivity contribution in [3.05, 3.63) is 40.7 Å². The third kappa shape index (κ3) is 3.29. The minimum Gasteiger partial charge on any atom is -0.477 e. The predicted octanol–water partition coefficient (Wildman–Crippen LogP) is 3.68. The number of carboxylic acid groups (broad SMARTS) is 1. The van der Waals surface area contributed by atoms with Crippen molar-refractivity contribution in [1.82, 2.24) is 4.98 Å². The lowest BCUT2D eigenvalue weighted by Gasteiger charge is -2.01. The molecule has 0 fully saturated rings. The first-order valence-electron chi connectivity index (χ1n) is 5.85. The molecule has 0 aliphatic rings. The summed E-state index contributed by atoms with van der Waals surface area (Å²) in [6.07, 6.45) is 1.46. The van der Waals surface area contributed by atoms with Crippen LogP contribution in [0.15, 0.2) is 24.3 Å². The number of nitrogens with one attached hydrogen (secondary N) is 1. The Bertz CT molecular complexity index is 581. The second kappa shape index (κ2) is 5.79. The van der Waals surface area contributed by atoms with Crippen LogP contribution in [0.3, 0.4) is 0 Å². The van der Waals surface area contributed by atoms with Crippen molar-refractivity contribution in [2.75, 3.05) is 5.32 Å². The molecule has 1 heterocycles. The number of nitrogens with zero attached hydrogens (tertiary/aromatic N) is 1. The van der Waals surface area contributed by atoms with Crippen LogP contribution in [0.4, 0.5) is 15.2 Å². The first-order chi connectivity index (χ1) is 9.10. The van der Waals surface area contributed by atoms with Crippen molar-refractivity contribution in [3.63, 3.8) is 0 Å². The average Bonchev–Trinajstić information content (AvgIpc) is 2.76. The van der Waals surface area contributed by atoms with E-state index in [-0.39, 0.29) is 10.7 Å². The van der Waals surface area contributed by atoms with E-state index in [4.69, 9.17) is 5.11 Å². The fourth-order valence-corrected chi connectivity index (χ4v) is 2.51. The van der Waals surface area contributed by atoms with Gasteiger partial charge in [0.1, 0.15) is 10.7 Å². The maximum Gasteiger partial charge on any atom is 0.347 e. The summed E-state index contributed by atoms with van der Waals surface area (Å²) < 4.78 is 12.8. The van der Waals surface area contributed by atoms with E-state index >= 15 is 0 Å². The van der Waals surface area contributed by atoms with E-state index < -0.39 is 5.97 Å². The molecule has 1 aromatic carbocycles. The van der Waals surface area contributed by atoms with E-state index in [1.165, 1.54) is 12.1 Å². The third-order valence-electron chi connectivity index (χ3n) is 2.47. The van der Waals surface area contributed by atoms with Gasteiger partial charge in [-0.15, -0.1) is 0 Å². The molecule has 0 saturated heterocycles. The van der Waals surface area contributed by atoms with Crippen LogP contribution in [0.25, 0.3) is 0 Å². The fourth-order valence-electron chi connectivity index (χ4n) is 1.64. The van der Waals surface area contributed by atoms with Crippen molar-refractivity contribution >= 4 is 28.1 Å². The largest absolute Gasteiger partial charge is 0.477 e. The Morgan fingerprint density at radius 3 is 2.68 bits per heavy atom. The Morgan fingerprint density at radius 1 is 1.42 bits per heavy atom. The SMILES string of the molecule is CCCc1nc(Nc2ccc(F)cc2)sc1C(=O)O. The van der Waals surface area contributed by atoms with Gasteiger partial charge in [0.25, 0.3) is 0 Å². The smallest absolute Gasteiger partial charge is 0.347 e. The van der Waals surface area contributed by atoms with Gasteiger partial charge >= 0.3 is 5.97 Å². The van der Waals surface area contributed by atoms with Gasteiger partial charge in [0, 0.05) is 5.69 Å². The standard InChI is InChI=1S/C13H13FN2O2S/c1-2-3-10-11(12(17)18)19-13(16-10)15-9-6-4-8(14)5-7-9/h4-7H,2-3H2,1H3,(H,15,16)(H,17,18). The molecule has 19 heavy (non-hydrogen) atoms. The van der Waals surface area contributed by atoms with E-state index in [1.807, 2.05) is 6.92 Å². The summed E-state index contributed by atoms with van der Waals surface area (Å²) in [6, 6.07) is 5.83. The van der Waals surface area contributed by atoms with Crippen LogP contribution >= 0.6 is 11.3 Å². The molecule has 6 heteroatoms. The second-order valence-electron chi connectivity index (χ2n) is 3.98. The van der Waals surface area contributed by atoms with Crippen molar-refractivity contribution in [1.29, 1.82) is 0 Å². The molecule has 0 saturated carbocycles. The highest BCUT2D eigenvalue weighted by atomic mass is 32.1. The molecule has 2 rings (SSSR count). The highest BCUT2D eigenvalue weighted by molar-refractivity contribution is 7.17. The average molecular weight is 280 g/mol. The molecule has 0 unspecified atom stereocenters. The van der Waals surface area contributed by atoms with Crippen molar-refractivity contribution in [3.8, 4) is 0 Å². The molecule has 0 bridgehead atoms. The molecule has 1 aromatic heterocycles. The predicted molar refractivity (Wildman–Crippen MR) is 72.8 cm³/mol. The Morgan fingerprint density at radius 2 is 2.11 bits per heavy atom. The molecule has 0 aliphatic heterocycles. The van der Waals surface area contributed by atoms with Crippen LogP contribution in [0.1, 0.15) is 28.7 Å². The quantitative estimate of drug-likeness (QED) is 0.877. The van der Waals surface area contributed by atoms with Gasteiger partial charge in [-0.3, -0.25) is 0 Å². The zero-order valence-corrected chi connectivity index (χ0v) is 11.1. The Balaban J connectivity index is 2.23. The zero-order chi connectivity index (χ0) is 13.8. The molecular formula is C13H13FN2O2S. The number of rotatable bonds is 5. The summed E-state index contributed by atoms with van der Waals surface area (Å²) in [5.74, 6) is -1.28. The zero-order valence-electron chi connectivity index (χ0n) is 10.3. The second-order valence-corrected chi connectivity index (χ2v) is 4.98. The summed E-state index contributed by atoms with van der Waals surface area (Å²) in [5.41, 5.74) is 1.26. The summed E-state index contributed by atoms with van der Waals surface area (Å²) in [7, 11) is 0. The summed E-state index contributed by atoms with van der Waals surface area (Å²) in [4.78, 5) is 15.6. The van der Waals surface area contributed by atoms with Gasteiger partial charge in [0.05, 0.1) is 5.69 Å². The third-order valence-corrected chi connectivity index (χ3v) is 3.47. The topological polar surface area (TPSA) is 62.2 Å². The number of halogens is 1. The van der Waals surface area contributed by atoms with Crippen LogP contribution < -0.4 is 5.32 Å². The number of hydrogen-bond acceptors (Lipinski definition) is 4. The van der Waals surface area contributed by atoms with Crippen LogP contribution in [-0.2, 0) is 6.42 Å². The van der Waals surface area contributed by atoms with Crippen molar-refractivity contribution in [2.24, 2.45) is 0 Å². The van der Waals surface area contributed by atoms with Gasteiger partial charge in [-0.05, 0) is 30.7 Å². The van der Waals surface area contributed by atoms with Gasteiger partial charge in [0.15, 0.2) is 5.13 Å². The number of thiazole rings is 1. The van der Waals surface area contributed by atoms with E-state index in [0.717, 1.165) is 17.8 Å². The highest BCUT2D eigenvalue weighted by Gasteiger charge is 2.16. The van der Waals surface area contributed by atoms with Gasteiger partial charge < -0.3 is 10.4 Å².